The van der Waals surface area contributed by atoms with Crippen molar-refractivity contribution < 1.29 is 9.53 Å². The highest BCUT2D eigenvalue weighted by Gasteiger charge is 2.24. The minimum atomic E-state index is 0.0382. The SMILES string of the molecule is O=C(c1cc2ccccc2[nH]1)N1CCn2nc(NCC3CCOC3)cc2C1. The van der Waals surface area contributed by atoms with Gasteiger partial charge in [-0.25, -0.2) is 0 Å². The Balaban J connectivity index is 1.28. The molecule has 0 spiro atoms. The number of amides is 1. The number of rotatable bonds is 4. The minimum absolute atomic E-state index is 0.0382. The molecule has 140 valence electrons. The average molecular weight is 365 g/mol. The van der Waals surface area contributed by atoms with Gasteiger partial charge in [0, 0.05) is 42.6 Å². The van der Waals surface area contributed by atoms with E-state index in [-0.39, 0.29) is 5.91 Å². The molecule has 1 fully saturated rings. The quantitative estimate of drug-likeness (QED) is 0.745. The van der Waals surface area contributed by atoms with Crippen LogP contribution in [0.3, 0.4) is 0 Å². The highest BCUT2D eigenvalue weighted by Crippen LogP contribution is 2.21. The molecule has 4 heterocycles. The van der Waals surface area contributed by atoms with E-state index in [1.54, 1.807) is 0 Å². The van der Waals surface area contributed by atoms with E-state index < -0.39 is 0 Å². The number of aromatic amines is 1. The number of H-pyrrole nitrogens is 1. The maximum absolute atomic E-state index is 12.9. The van der Waals surface area contributed by atoms with Crippen molar-refractivity contribution in [3.8, 4) is 0 Å². The maximum atomic E-state index is 12.9. The number of carbonyl (C=O) groups excluding carboxylic acids is 1. The van der Waals surface area contributed by atoms with Gasteiger partial charge in [0.25, 0.3) is 5.91 Å². The summed E-state index contributed by atoms with van der Waals surface area (Å²) in [7, 11) is 0. The predicted molar refractivity (Wildman–Crippen MR) is 103 cm³/mol. The molecule has 2 aromatic heterocycles. The first-order valence-electron chi connectivity index (χ1n) is 9.51. The zero-order valence-corrected chi connectivity index (χ0v) is 15.1. The van der Waals surface area contributed by atoms with Gasteiger partial charge in [0.1, 0.15) is 11.5 Å². The second-order valence-electron chi connectivity index (χ2n) is 7.35. The summed E-state index contributed by atoms with van der Waals surface area (Å²) in [6.45, 7) is 4.53. The first-order chi connectivity index (χ1) is 13.3. The molecule has 27 heavy (non-hydrogen) atoms. The lowest BCUT2D eigenvalue weighted by Gasteiger charge is -2.27. The van der Waals surface area contributed by atoms with Gasteiger partial charge >= 0.3 is 0 Å². The summed E-state index contributed by atoms with van der Waals surface area (Å²) in [6, 6.07) is 11.9. The van der Waals surface area contributed by atoms with Crippen molar-refractivity contribution in [3.63, 3.8) is 0 Å². The molecule has 0 radical (unpaired) electrons. The third-order valence-corrected chi connectivity index (χ3v) is 5.44. The van der Waals surface area contributed by atoms with E-state index in [4.69, 9.17) is 4.74 Å². The zero-order valence-electron chi connectivity index (χ0n) is 15.1. The lowest BCUT2D eigenvalue weighted by molar-refractivity contribution is 0.0701. The Morgan fingerprint density at radius 2 is 2.22 bits per heavy atom. The van der Waals surface area contributed by atoms with Gasteiger partial charge in [-0.2, -0.15) is 5.10 Å². The maximum Gasteiger partial charge on any atom is 0.270 e. The number of fused-ring (bicyclic) bond motifs is 2. The Kier molecular flexibility index (Phi) is 4.09. The fourth-order valence-corrected chi connectivity index (χ4v) is 3.88. The Hall–Kier alpha value is -2.80. The summed E-state index contributed by atoms with van der Waals surface area (Å²) in [4.78, 5) is 18.0. The molecule has 1 atom stereocenters. The van der Waals surface area contributed by atoms with Gasteiger partial charge in [-0.05, 0) is 18.6 Å². The molecule has 0 bridgehead atoms. The van der Waals surface area contributed by atoms with Crippen LogP contribution in [0.5, 0.6) is 0 Å². The highest BCUT2D eigenvalue weighted by atomic mass is 16.5. The number of hydrogen-bond acceptors (Lipinski definition) is 4. The van der Waals surface area contributed by atoms with Crippen LogP contribution in [0.25, 0.3) is 10.9 Å². The highest BCUT2D eigenvalue weighted by molar-refractivity contribution is 5.98. The van der Waals surface area contributed by atoms with Gasteiger partial charge in [-0.3, -0.25) is 9.48 Å². The van der Waals surface area contributed by atoms with Crippen molar-refractivity contribution in [1.82, 2.24) is 19.7 Å². The Bertz CT molecular complexity index is 937. The first kappa shape index (κ1) is 16.4. The third-order valence-electron chi connectivity index (χ3n) is 5.44. The van der Waals surface area contributed by atoms with Gasteiger partial charge in [-0.1, -0.05) is 18.2 Å². The second kappa shape index (κ2) is 6.74. The first-order valence-corrected chi connectivity index (χ1v) is 9.51. The van der Waals surface area contributed by atoms with Crippen LogP contribution < -0.4 is 5.32 Å². The van der Waals surface area contributed by atoms with Crippen LogP contribution in [-0.2, 0) is 17.8 Å². The van der Waals surface area contributed by atoms with Crippen LogP contribution in [0.15, 0.2) is 36.4 Å². The molecule has 7 nitrogen and oxygen atoms in total. The number of nitrogens with one attached hydrogen (secondary N) is 2. The van der Waals surface area contributed by atoms with Crippen LogP contribution in [0.2, 0.25) is 0 Å². The number of hydrogen-bond donors (Lipinski definition) is 2. The average Bonchev–Trinajstić information content (AvgIpc) is 3.43. The molecular formula is C20H23N5O2. The molecule has 5 rings (SSSR count). The number of carbonyl (C=O) groups is 1. The monoisotopic (exact) mass is 365 g/mol. The number of anilines is 1. The van der Waals surface area contributed by atoms with Crippen molar-refractivity contribution in [2.24, 2.45) is 5.92 Å². The molecule has 0 aliphatic carbocycles. The Morgan fingerprint density at radius 3 is 3.07 bits per heavy atom. The summed E-state index contributed by atoms with van der Waals surface area (Å²) < 4.78 is 7.42. The molecule has 2 N–H and O–H groups in total. The zero-order chi connectivity index (χ0) is 18.2. The molecule has 1 unspecified atom stereocenters. The van der Waals surface area contributed by atoms with E-state index in [1.165, 1.54) is 0 Å². The normalized spacial score (nSPS) is 19.4. The molecule has 1 aromatic carbocycles. The van der Waals surface area contributed by atoms with Crippen molar-refractivity contribution in [3.05, 3.63) is 47.8 Å². The van der Waals surface area contributed by atoms with E-state index in [0.717, 1.165) is 55.1 Å². The minimum Gasteiger partial charge on any atom is -0.381 e. The molecule has 0 saturated carbocycles. The van der Waals surface area contributed by atoms with Gasteiger partial charge in [0.15, 0.2) is 0 Å². The standard InChI is InChI=1S/C20H23N5O2/c26-20(18-9-15-3-1-2-4-17(15)22-18)24-6-7-25-16(12-24)10-19(23-25)21-11-14-5-8-27-13-14/h1-4,9-10,14,22H,5-8,11-13H2,(H,21,23). The van der Waals surface area contributed by atoms with Crippen molar-refractivity contribution in [2.75, 3.05) is 31.6 Å². The molecule has 2 aliphatic heterocycles. The van der Waals surface area contributed by atoms with Crippen LogP contribution in [0.1, 0.15) is 22.6 Å². The summed E-state index contributed by atoms with van der Waals surface area (Å²) in [5.41, 5.74) is 2.70. The van der Waals surface area contributed by atoms with Crippen LogP contribution in [0, 0.1) is 5.92 Å². The summed E-state index contributed by atoms with van der Waals surface area (Å²) >= 11 is 0. The number of para-hydroxylation sites is 1. The molecule has 2 aliphatic rings. The van der Waals surface area contributed by atoms with Gasteiger partial charge in [0.2, 0.25) is 0 Å². The van der Waals surface area contributed by atoms with Crippen molar-refractivity contribution in [2.45, 2.75) is 19.5 Å². The van der Waals surface area contributed by atoms with Crippen LogP contribution >= 0.6 is 0 Å². The van der Waals surface area contributed by atoms with E-state index in [0.29, 0.717) is 24.7 Å². The lowest BCUT2D eigenvalue weighted by Crippen LogP contribution is -2.38. The summed E-state index contributed by atoms with van der Waals surface area (Å²) in [5, 5.41) is 9.11. The Labute approximate surface area is 157 Å². The molecule has 1 amide bonds. The number of aromatic nitrogens is 3. The van der Waals surface area contributed by atoms with Crippen molar-refractivity contribution in [1.29, 1.82) is 0 Å². The summed E-state index contributed by atoms with van der Waals surface area (Å²) in [6.07, 6.45) is 1.10. The Morgan fingerprint density at radius 1 is 1.30 bits per heavy atom. The van der Waals surface area contributed by atoms with E-state index >= 15 is 0 Å². The molecule has 3 aromatic rings. The van der Waals surface area contributed by atoms with E-state index in [1.807, 2.05) is 39.9 Å². The van der Waals surface area contributed by atoms with E-state index in [9.17, 15) is 4.79 Å². The smallest absolute Gasteiger partial charge is 0.270 e. The summed E-state index contributed by atoms with van der Waals surface area (Å²) in [5.74, 6) is 1.48. The number of ether oxygens (including phenoxy) is 1. The predicted octanol–water partition coefficient (Wildman–Crippen LogP) is 2.47. The fourth-order valence-electron chi connectivity index (χ4n) is 3.88. The number of nitrogens with zero attached hydrogens (tertiary/aromatic N) is 3. The van der Waals surface area contributed by atoms with Crippen LogP contribution in [0.4, 0.5) is 5.82 Å². The second-order valence-corrected chi connectivity index (χ2v) is 7.35. The van der Waals surface area contributed by atoms with E-state index in [2.05, 4.69) is 21.5 Å². The van der Waals surface area contributed by atoms with Gasteiger partial charge in [-0.15, -0.1) is 0 Å². The molecular weight excluding hydrogens is 342 g/mol. The van der Waals surface area contributed by atoms with Crippen molar-refractivity contribution >= 4 is 22.6 Å². The largest absolute Gasteiger partial charge is 0.381 e. The molecule has 7 heteroatoms. The molecule has 1 saturated heterocycles. The van der Waals surface area contributed by atoms with Gasteiger partial charge in [0.05, 0.1) is 25.4 Å². The van der Waals surface area contributed by atoms with Gasteiger partial charge < -0.3 is 19.9 Å². The topological polar surface area (TPSA) is 75.2 Å². The van der Waals surface area contributed by atoms with Crippen LogP contribution in [-0.4, -0.2) is 51.9 Å². The third kappa shape index (κ3) is 3.19. The lowest BCUT2D eigenvalue weighted by atomic mass is 10.1. The fraction of sp³-hybridized carbons (Fsp3) is 0.400. The number of benzene rings is 1.